The van der Waals surface area contributed by atoms with Gasteiger partial charge in [-0.05, 0) is 54.6 Å². The van der Waals surface area contributed by atoms with Crippen molar-refractivity contribution in [3.63, 3.8) is 0 Å². The molecule has 0 saturated carbocycles. The molecule has 0 unspecified atom stereocenters. The maximum absolute atomic E-state index is 5.60. The Kier molecular flexibility index (Phi) is 4.23. The molecule has 3 rings (SSSR count). The summed E-state index contributed by atoms with van der Waals surface area (Å²) < 4.78 is 11.1. The highest BCUT2D eigenvalue weighted by atomic mass is 32.1. The number of ether oxygens (including phenoxy) is 2. The topological polar surface area (TPSA) is 30.5 Å². The Labute approximate surface area is 123 Å². The average molecular weight is 289 g/mol. The molecule has 0 radical (unpaired) electrons. The van der Waals surface area contributed by atoms with Crippen molar-refractivity contribution >= 4 is 11.3 Å². The molecule has 106 valence electrons. The standard InChI is InChI=1S/C16H19NO2S/c1-12-5-9-20-16(12)11-17-6-4-13-2-3-14-15(10-13)19-8-7-18-14/h2-3,5,9-10,17H,4,6-8,11H2,1H3. The molecule has 2 aromatic rings. The number of hydrogen-bond acceptors (Lipinski definition) is 4. The summed E-state index contributed by atoms with van der Waals surface area (Å²) in [5.74, 6) is 1.74. The number of thiophene rings is 1. The van der Waals surface area contributed by atoms with Gasteiger partial charge in [-0.2, -0.15) is 0 Å². The molecule has 0 saturated heterocycles. The van der Waals surface area contributed by atoms with E-state index in [9.17, 15) is 0 Å². The van der Waals surface area contributed by atoms with E-state index >= 15 is 0 Å². The maximum atomic E-state index is 5.60. The van der Waals surface area contributed by atoms with Gasteiger partial charge >= 0.3 is 0 Å². The predicted octanol–water partition coefficient (Wildman–Crippen LogP) is 3.16. The van der Waals surface area contributed by atoms with E-state index in [1.165, 1.54) is 16.0 Å². The first-order chi connectivity index (χ1) is 9.83. The SMILES string of the molecule is Cc1ccsc1CNCCc1ccc2c(c1)OCCO2. The van der Waals surface area contributed by atoms with Crippen LogP contribution >= 0.6 is 11.3 Å². The molecule has 2 heterocycles. The summed E-state index contributed by atoms with van der Waals surface area (Å²) >= 11 is 1.82. The molecule has 1 aliphatic heterocycles. The summed E-state index contributed by atoms with van der Waals surface area (Å²) in [6, 6.07) is 8.38. The highest BCUT2D eigenvalue weighted by Gasteiger charge is 2.11. The molecule has 0 bridgehead atoms. The van der Waals surface area contributed by atoms with Gasteiger partial charge in [0.1, 0.15) is 13.2 Å². The fourth-order valence-corrected chi connectivity index (χ4v) is 3.14. The van der Waals surface area contributed by atoms with E-state index in [0.29, 0.717) is 13.2 Å². The molecular formula is C16H19NO2S. The zero-order valence-corrected chi connectivity index (χ0v) is 12.5. The van der Waals surface area contributed by atoms with E-state index in [1.807, 2.05) is 17.4 Å². The van der Waals surface area contributed by atoms with Gasteiger partial charge in [0.05, 0.1) is 0 Å². The molecule has 1 N–H and O–H groups in total. The van der Waals surface area contributed by atoms with Crippen LogP contribution in [0.4, 0.5) is 0 Å². The van der Waals surface area contributed by atoms with Crippen molar-refractivity contribution < 1.29 is 9.47 Å². The van der Waals surface area contributed by atoms with Gasteiger partial charge in [-0.1, -0.05) is 6.07 Å². The van der Waals surface area contributed by atoms with Crippen LogP contribution in [-0.4, -0.2) is 19.8 Å². The number of aryl methyl sites for hydroxylation is 1. The summed E-state index contributed by atoms with van der Waals surface area (Å²) in [6.07, 6.45) is 1.00. The molecule has 1 aliphatic rings. The molecule has 1 aromatic carbocycles. The molecule has 0 spiro atoms. The largest absolute Gasteiger partial charge is 0.486 e. The fraction of sp³-hybridized carbons (Fsp3) is 0.375. The molecule has 0 aliphatic carbocycles. The smallest absolute Gasteiger partial charge is 0.161 e. The molecule has 1 aromatic heterocycles. The normalized spacial score (nSPS) is 13.4. The summed E-state index contributed by atoms with van der Waals surface area (Å²) in [5, 5.41) is 5.64. The Morgan fingerprint density at radius 1 is 1.15 bits per heavy atom. The quantitative estimate of drug-likeness (QED) is 0.858. The number of fused-ring (bicyclic) bond motifs is 1. The summed E-state index contributed by atoms with van der Waals surface area (Å²) in [4.78, 5) is 1.42. The third-order valence-electron chi connectivity index (χ3n) is 3.45. The lowest BCUT2D eigenvalue weighted by Crippen LogP contribution is -2.17. The average Bonchev–Trinajstić information content (AvgIpc) is 2.89. The second kappa shape index (κ2) is 6.29. The lowest BCUT2D eigenvalue weighted by Gasteiger charge is -2.18. The molecule has 0 atom stereocenters. The Balaban J connectivity index is 1.50. The number of hydrogen-bond donors (Lipinski definition) is 1. The zero-order chi connectivity index (χ0) is 13.8. The highest BCUT2D eigenvalue weighted by Crippen LogP contribution is 2.30. The zero-order valence-electron chi connectivity index (χ0n) is 11.6. The van der Waals surface area contributed by atoms with Crippen LogP contribution in [0.25, 0.3) is 0 Å². The van der Waals surface area contributed by atoms with Crippen molar-refractivity contribution in [2.45, 2.75) is 19.9 Å². The van der Waals surface area contributed by atoms with Crippen LogP contribution in [0, 0.1) is 6.92 Å². The van der Waals surface area contributed by atoms with Crippen molar-refractivity contribution in [3.8, 4) is 11.5 Å². The minimum absolute atomic E-state index is 0.645. The van der Waals surface area contributed by atoms with Crippen LogP contribution in [0.3, 0.4) is 0 Å². The highest BCUT2D eigenvalue weighted by molar-refractivity contribution is 7.10. The first kappa shape index (κ1) is 13.5. The second-order valence-electron chi connectivity index (χ2n) is 4.93. The third kappa shape index (κ3) is 3.14. The molecular weight excluding hydrogens is 270 g/mol. The maximum Gasteiger partial charge on any atom is 0.161 e. The van der Waals surface area contributed by atoms with Gasteiger partial charge < -0.3 is 14.8 Å². The predicted molar refractivity (Wildman–Crippen MR) is 81.9 cm³/mol. The van der Waals surface area contributed by atoms with Crippen LogP contribution in [0.5, 0.6) is 11.5 Å². The van der Waals surface area contributed by atoms with Crippen LogP contribution in [0.2, 0.25) is 0 Å². The van der Waals surface area contributed by atoms with Gasteiger partial charge in [0.2, 0.25) is 0 Å². The van der Waals surface area contributed by atoms with Crippen molar-refractivity contribution in [2.24, 2.45) is 0 Å². The monoisotopic (exact) mass is 289 g/mol. The summed E-state index contributed by atoms with van der Waals surface area (Å²) in [7, 11) is 0. The minimum atomic E-state index is 0.645. The molecule has 3 nitrogen and oxygen atoms in total. The molecule has 4 heteroatoms. The van der Waals surface area contributed by atoms with Gasteiger partial charge in [-0.25, -0.2) is 0 Å². The summed E-state index contributed by atoms with van der Waals surface area (Å²) in [5.41, 5.74) is 2.66. The Morgan fingerprint density at radius 3 is 2.80 bits per heavy atom. The molecule has 20 heavy (non-hydrogen) atoms. The Bertz CT molecular complexity index is 580. The van der Waals surface area contributed by atoms with Gasteiger partial charge in [0, 0.05) is 11.4 Å². The lowest BCUT2D eigenvalue weighted by atomic mass is 10.1. The van der Waals surface area contributed by atoms with Crippen LogP contribution in [0.1, 0.15) is 16.0 Å². The fourth-order valence-electron chi connectivity index (χ4n) is 2.26. The minimum Gasteiger partial charge on any atom is -0.486 e. The Hall–Kier alpha value is -1.52. The van der Waals surface area contributed by atoms with Gasteiger partial charge in [0.15, 0.2) is 11.5 Å². The van der Waals surface area contributed by atoms with Crippen molar-refractivity contribution in [3.05, 3.63) is 45.6 Å². The van der Waals surface area contributed by atoms with E-state index in [4.69, 9.17) is 9.47 Å². The van der Waals surface area contributed by atoms with Gasteiger partial charge in [0.25, 0.3) is 0 Å². The number of nitrogens with one attached hydrogen (secondary N) is 1. The van der Waals surface area contributed by atoms with Crippen molar-refractivity contribution in [1.29, 1.82) is 0 Å². The first-order valence-electron chi connectivity index (χ1n) is 6.95. The van der Waals surface area contributed by atoms with Gasteiger partial charge in [-0.15, -0.1) is 11.3 Å². The lowest BCUT2D eigenvalue weighted by molar-refractivity contribution is 0.171. The van der Waals surface area contributed by atoms with E-state index in [-0.39, 0.29) is 0 Å². The first-order valence-corrected chi connectivity index (χ1v) is 7.83. The number of benzene rings is 1. The molecule has 0 amide bonds. The van der Waals surface area contributed by atoms with Gasteiger partial charge in [-0.3, -0.25) is 0 Å². The summed E-state index contributed by atoms with van der Waals surface area (Å²) in [6.45, 7) is 5.37. The molecule has 0 fully saturated rings. The van der Waals surface area contributed by atoms with Crippen LogP contribution in [-0.2, 0) is 13.0 Å². The van der Waals surface area contributed by atoms with E-state index in [0.717, 1.165) is 31.0 Å². The van der Waals surface area contributed by atoms with Crippen molar-refractivity contribution in [2.75, 3.05) is 19.8 Å². The van der Waals surface area contributed by atoms with Crippen LogP contribution < -0.4 is 14.8 Å². The third-order valence-corrected chi connectivity index (χ3v) is 4.47. The van der Waals surface area contributed by atoms with E-state index in [2.05, 4.69) is 35.8 Å². The van der Waals surface area contributed by atoms with Crippen LogP contribution in [0.15, 0.2) is 29.6 Å². The number of rotatable bonds is 5. The van der Waals surface area contributed by atoms with Crippen molar-refractivity contribution in [1.82, 2.24) is 5.32 Å². The van der Waals surface area contributed by atoms with E-state index < -0.39 is 0 Å². The second-order valence-corrected chi connectivity index (χ2v) is 5.93. The van der Waals surface area contributed by atoms with E-state index in [1.54, 1.807) is 0 Å². The Morgan fingerprint density at radius 2 is 2.00 bits per heavy atom.